The molecule has 0 radical (unpaired) electrons. The molecule has 2 bridgehead atoms. The number of nitrogens with one attached hydrogen (secondary N) is 2. The number of rotatable bonds is 1. The quantitative estimate of drug-likeness (QED) is 0.688. The zero-order chi connectivity index (χ0) is 15.3. The number of piperidine rings is 2. The smallest absolute Gasteiger partial charge is 0.322 e. The lowest BCUT2D eigenvalue weighted by atomic mass is 9.67. The highest BCUT2D eigenvalue weighted by atomic mass is 16.2. The number of urea groups is 1. The van der Waals surface area contributed by atoms with E-state index in [0.29, 0.717) is 6.04 Å². The molecule has 122 valence electrons. The molecule has 3 amide bonds. The molecule has 3 heterocycles. The van der Waals surface area contributed by atoms with Gasteiger partial charge in [-0.1, -0.05) is 19.3 Å². The molecule has 0 aromatic carbocycles. The predicted molar refractivity (Wildman–Crippen MR) is 82.3 cm³/mol. The van der Waals surface area contributed by atoms with Crippen LogP contribution < -0.4 is 10.6 Å². The van der Waals surface area contributed by atoms with Crippen molar-refractivity contribution in [1.82, 2.24) is 20.4 Å². The van der Waals surface area contributed by atoms with Crippen LogP contribution in [0, 0.1) is 11.8 Å². The van der Waals surface area contributed by atoms with Crippen molar-refractivity contribution in [2.24, 2.45) is 11.8 Å². The molecule has 4 rings (SSSR count). The van der Waals surface area contributed by atoms with Crippen molar-refractivity contribution in [2.45, 2.75) is 43.7 Å². The Labute approximate surface area is 131 Å². The molecule has 2 unspecified atom stereocenters. The van der Waals surface area contributed by atoms with Crippen LogP contribution in [0.4, 0.5) is 4.79 Å². The summed E-state index contributed by atoms with van der Waals surface area (Å²) in [6, 6.07) is 0.371. The van der Waals surface area contributed by atoms with Crippen molar-refractivity contribution >= 4 is 11.9 Å². The van der Waals surface area contributed by atoms with Gasteiger partial charge in [0.25, 0.3) is 5.91 Å². The molecule has 4 fully saturated rings. The van der Waals surface area contributed by atoms with Gasteiger partial charge in [-0.05, 0) is 19.9 Å². The van der Waals surface area contributed by atoms with E-state index in [9.17, 15) is 9.59 Å². The van der Waals surface area contributed by atoms with E-state index in [4.69, 9.17) is 0 Å². The summed E-state index contributed by atoms with van der Waals surface area (Å²) in [7, 11) is 2.12. The van der Waals surface area contributed by atoms with E-state index in [2.05, 4.69) is 27.5 Å². The maximum atomic E-state index is 12.5. The molecular weight excluding hydrogens is 280 g/mol. The molecule has 4 aliphatic rings. The number of carbonyl (C=O) groups is 2. The fraction of sp³-hybridized carbons (Fsp3) is 0.875. The van der Waals surface area contributed by atoms with Crippen molar-refractivity contribution < 1.29 is 9.59 Å². The molecule has 3 saturated heterocycles. The third-order valence-corrected chi connectivity index (χ3v) is 6.28. The van der Waals surface area contributed by atoms with Gasteiger partial charge in [0.1, 0.15) is 5.54 Å². The largest absolute Gasteiger partial charge is 0.322 e. The molecule has 22 heavy (non-hydrogen) atoms. The summed E-state index contributed by atoms with van der Waals surface area (Å²) >= 11 is 0. The van der Waals surface area contributed by atoms with Crippen LogP contribution in [-0.4, -0.2) is 66.5 Å². The number of nitrogens with zero attached hydrogens (tertiary/aromatic N) is 2. The van der Waals surface area contributed by atoms with Crippen LogP contribution in [0.1, 0.15) is 32.1 Å². The Morgan fingerprint density at radius 2 is 1.64 bits per heavy atom. The van der Waals surface area contributed by atoms with Gasteiger partial charge in [0.15, 0.2) is 0 Å². The van der Waals surface area contributed by atoms with Crippen molar-refractivity contribution in [1.29, 1.82) is 0 Å². The zero-order valence-electron chi connectivity index (χ0n) is 13.3. The summed E-state index contributed by atoms with van der Waals surface area (Å²) < 4.78 is 0. The summed E-state index contributed by atoms with van der Waals surface area (Å²) in [4.78, 5) is 29.2. The van der Waals surface area contributed by atoms with Crippen LogP contribution in [0.5, 0.6) is 0 Å². The Kier molecular flexibility index (Phi) is 3.42. The molecule has 1 saturated carbocycles. The fourth-order valence-corrected chi connectivity index (χ4v) is 5.29. The second-order valence-electron chi connectivity index (χ2n) is 7.64. The summed E-state index contributed by atoms with van der Waals surface area (Å²) in [5, 5.41) is 5.50. The van der Waals surface area contributed by atoms with Gasteiger partial charge in [-0.2, -0.15) is 0 Å². The molecule has 1 spiro atoms. The maximum absolute atomic E-state index is 12.5. The lowest BCUT2D eigenvalue weighted by Gasteiger charge is -2.56. The van der Waals surface area contributed by atoms with Gasteiger partial charge < -0.3 is 10.2 Å². The molecule has 1 aliphatic carbocycles. The second-order valence-corrected chi connectivity index (χ2v) is 7.64. The fourth-order valence-electron chi connectivity index (χ4n) is 5.29. The average Bonchev–Trinajstić information content (AvgIpc) is 2.77. The van der Waals surface area contributed by atoms with Crippen molar-refractivity contribution in [3.63, 3.8) is 0 Å². The van der Waals surface area contributed by atoms with Crippen LogP contribution in [0.25, 0.3) is 0 Å². The Morgan fingerprint density at radius 1 is 1.00 bits per heavy atom. The lowest BCUT2D eigenvalue weighted by Crippen LogP contribution is -2.73. The van der Waals surface area contributed by atoms with Crippen molar-refractivity contribution in [3.05, 3.63) is 0 Å². The monoisotopic (exact) mass is 306 g/mol. The number of amides is 3. The van der Waals surface area contributed by atoms with E-state index in [1.165, 1.54) is 32.1 Å². The molecule has 6 heteroatoms. The minimum absolute atomic E-state index is 0.0936. The average molecular weight is 306 g/mol. The molecule has 0 aromatic heterocycles. The lowest BCUT2D eigenvalue weighted by molar-refractivity contribution is -0.138. The third-order valence-electron chi connectivity index (χ3n) is 6.28. The zero-order valence-corrected chi connectivity index (χ0v) is 13.3. The van der Waals surface area contributed by atoms with Crippen LogP contribution in [0.15, 0.2) is 0 Å². The number of hydrogen-bond acceptors (Lipinski definition) is 4. The summed E-state index contributed by atoms with van der Waals surface area (Å²) in [6.45, 7) is 3.62. The van der Waals surface area contributed by atoms with Gasteiger partial charge in [-0.25, -0.2) is 4.79 Å². The number of imide groups is 1. The van der Waals surface area contributed by atoms with E-state index in [-0.39, 0.29) is 23.8 Å². The second kappa shape index (κ2) is 5.20. The minimum atomic E-state index is -0.658. The van der Waals surface area contributed by atoms with Gasteiger partial charge in [-0.3, -0.25) is 15.0 Å². The first-order valence-corrected chi connectivity index (χ1v) is 8.66. The van der Waals surface area contributed by atoms with Crippen LogP contribution in [0.3, 0.4) is 0 Å². The Hall–Kier alpha value is -1.14. The molecule has 2 N–H and O–H groups in total. The third kappa shape index (κ3) is 2.07. The van der Waals surface area contributed by atoms with E-state index in [1.807, 2.05) is 0 Å². The number of likely N-dealkylation sites (tertiary alicyclic amines) is 2. The highest BCUT2D eigenvalue weighted by Gasteiger charge is 2.61. The van der Waals surface area contributed by atoms with Crippen LogP contribution >= 0.6 is 0 Å². The van der Waals surface area contributed by atoms with Crippen LogP contribution in [-0.2, 0) is 4.79 Å². The van der Waals surface area contributed by atoms with Crippen LogP contribution in [0.2, 0.25) is 0 Å². The number of carbonyl (C=O) groups excluding carboxylic acids is 2. The van der Waals surface area contributed by atoms with Gasteiger partial charge in [0.05, 0.1) is 0 Å². The summed E-state index contributed by atoms with van der Waals surface area (Å²) in [6.07, 6.45) is 6.61. The molecule has 6 nitrogen and oxygen atoms in total. The molecule has 0 aromatic rings. The molecular formula is C16H26N4O2. The van der Waals surface area contributed by atoms with Gasteiger partial charge in [0.2, 0.25) is 0 Å². The van der Waals surface area contributed by atoms with E-state index < -0.39 is 5.54 Å². The Balaban J connectivity index is 1.60. The predicted octanol–water partition coefficient (Wildman–Crippen LogP) is 0.391. The van der Waals surface area contributed by atoms with Gasteiger partial charge in [0, 0.05) is 44.1 Å². The first-order valence-electron chi connectivity index (χ1n) is 8.66. The topological polar surface area (TPSA) is 64.7 Å². The normalized spacial score (nSPS) is 40.8. The summed E-state index contributed by atoms with van der Waals surface area (Å²) in [5.41, 5.74) is -0.658. The van der Waals surface area contributed by atoms with E-state index in [0.717, 1.165) is 26.2 Å². The highest BCUT2D eigenvalue weighted by molar-refractivity contribution is 6.07. The minimum Gasteiger partial charge on any atom is -0.322 e. The SMILES string of the molecule is CN1CC2CN(C3CCCCC3)CC(C1)C21NC(=O)NC1=O. The molecule has 3 aliphatic heterocycles. The Bertz CT molecular complexity index is 473. The first-order chi connectivity index (χ1) is 10.6. The van der Waals surface area contributed by atoms with E-state index >= 15 is 0 Å². The number of hydrogen-bond donors (Lipinski definition) is 2. The van der Waals surface area contributed by atoms with E-state index in [1.54, 1.807) is 0 Å². The van der Waals surface area contributed by atoms with Crippen molar-refractivity contribution in [3.8, 4) is 0 Å². The molecule has 2 atom stereocenters. The standard InChI is InChI=1S/C16H26N4O2/c1-19-7-11-9-20(13-5-3-2-4-6-13)10-12(8-19)16(11)14(21)17-15(22)18-16/h11-13H,2-10H2,1H3,(H2,17,18,21,22). The maximum Gasteiger partial charge on any atom is 0.322 e. The first kappa shape index (κ1) is 14.5. The van der Waals surface area contributed by atoms with Gasteiger partial charge >= 0.3 is 6.03 Å². The van der Waals surface area contributed by atoms with Gasteiger partial charge in [-0.15, -0.1) is 0 Å². The summed E-state index contributed by atoms with van der Waals surface area (Å²) in [5.74, 6) is 0.292. The highest BCUT2D eigenvalue weighted by Crippen LogP contribution is 2.41. The Morgan fingerprint density at radius 3 is 2.18 bits per heavy atom. The van der Waals surface area contributed by atoms with Crippen molar-refractivity contribution in [2.75, 3.05) is 33.2 Å².